The number of imide groups is 1. The summed E-state index contributed by atoms with van der Waals surface area (Å²) in [5.41, 5.74) is 0.611. The average molecular weight is 417 g/mol. The minimum Gasteiger partial charge on any atom is -0.493 e. The number of methoxy groups -OCH3 is 1. The molecule has 1 rings (SSSR count). The summed E-state index contributed by atoms with van der Waals surface area (Å²) in [7, 11) is 1.32. The van der Waals surface area contributed by atoms with Crippen LogP contribution >= 0.6 is 0 Å². The number of hydrogen-bond acceptors (Lipinski definition) is 7. The molecule has 0 atom stereocenters. The lowest BCUT2D eigenvalue weighted by Gasteiger charge is -2.19. The Morgan fingerprint density at radius 2 is 1.79 bits per heavy atom. The zero-order valence-electron chi connectivity index (χ0n) is 16.5. The van der Waals surface area contributed by atoms with Crippen LogP contribution in [0.2, 0.25) is 0 Å². The number of nitrogens with zero attached hydrogens (tertiary/aromatic N) is 1. The van der Waals surface area contributed by atoms with Crippen LogP contribution in [0, 0.1) is 0 Å². The van der Waals surface area contributed by atoms with E-state index in [4.69, 9.17) is 4.74 Å². The van der Waals surface area contributed by atoms with Crippen molar-refractivity contribution in [3.8, 4) is 11.5 Å². The van der Waals surface area contributed by atoms with Gasteiger partial charge in [0.2, 0.25) is 11.8 Å². The number of nitrogens with one attached hydrogen (secondary N) is 2. The van der Waals surface area contributed by atoms with Crippen LogP contribution in [0.4, 0.5) is 13.6 Å². The fraction of sp³-hybridized carbons (Fsp3) is 0.500. The van der Waals surface area contributed by atoms with Crippen molar-refractivity contribution in [3.63, 3.8) is 0 Å². The van der Waals surface area contributed by atoms with Crippen molar-refractivity contribution in [1.29, 1.82) is 0 Å². The fourth-order valence-electron chi connectivity index (χ4n) is 2.28. The Bertz CT molecular complexity index is 702. The van der Waals surface area contributed by atoms with Gasteiger partial charge in [-0.15, -0.1) is 0 Å². The Morgan fingerprint density at radius 3 is 2.38 bits per heavy atom. The highest BCUT2D eigenvalue weighted by Crippen LogP contribution is 2.29. The van der Waals surface area contributed by atoms with E-state index in [1.54, 1.807) is 13.8 Å². The summed E-state index contributed by atoms with van der Waals surface area (Å²) < 4.78 is 38.7. The SMILES string of the molecule is CCOC(=O)NC(=O)CN(CC)CC(=O)NCc1ccc(OC(F)F)c(OC)c1. The monoisotopic (exact) mass is 417 g/mol. The van der Waals surface area contributed by atoms with E-state index in [1.807, 2.05) is 0 Å². The molecule has 162 valence electrons. The van der Waals surface area contributed by atoms with Crippen LogP contribution in [0.15, 0.2) is 18.2 Å². The van der Waals surface area contributed by atoms with Crippen molar-refractivity contribution >= 4 is 17.9 Å². The molecule has 0 unspecified atom stereocenters. The van der Waals surface area contributed by atoms with E-state index >= 15 is 0 Å². The Kier molecular flexibility index (Phi) is 10.4. The number of alkyl halides is 2. The van der Waals surface area contributed by atoms with Crippen LogP contribution in [0.3, 0.4) is 0 Å². The quantitative estimate of drug-likeness (QED) is 0.562. The molecule has 29 heavy (non-hydrogen) atoms. The highest BCUT2D eigenvalue weighted by Gasteiger charge is 2.16. The van der Waals surface area contributed by atoms with Gasteiger partial charge < -0.3 is 19.5 Å². The minimum atomic E-state index is -2.98. The third-order valence-corrected chi connectivity index (χ3v) is 3.63. The van der Waals surface area contributed by atoms with E-state index < -0.39 is 18.6 Å². The highest BCUT2D eigenvalue weighted by atomic mass is 19.3. The first-order valence-corrected chi connectivity index (χ1v) is 8.86. The van der Waals surface area contributed by atoms with Gasteiger partial charge in [-0.05, 0) is 31.2 Å². The molecule has 3 amide bonds. The third kappa shape index (κ3) is 9.19. The largest absolute Gasteiger partial charge is 0.493 e. The number of benzene rings is 1. The van der Waals surface area contributed by atoms with Gasteiger partial charge >= 0.3 is 12.7 Å². The molecule has 0 fully saturated rings. The molecule has 0 spiro atoms. The highest BCUT2D eigenvalue weighted by molar-refractivity contribution is 5.93. The molecular weight excluding hydrogens is 392 g/mol. The number of amides is 3. The summed E-state index contributed by atoms with van der Waals surface area (Å²) in [4.78, 5) is 36.7. The molecule has 1 aromatic rings. The summed E-state index contributed by atoms with van der Waals surface area (Å²) in [6.07, 6.45) is -0.841. The van der Waals surface area contributed by atoms with Crippen molar-refractivity contribution < 1.29 is 37.4 Å². The summed E-state index contributed by atoms with van der Waals surface area (Å²) in [6.45, 7) is 0.828. The Hall–Kier alpha value is -2.95. The van der Waals surface area contributed by atoms with E-state index in [-0.39, 0.29) is 43.6 Å². The van der Waals surface area contributed by atoms with Crippen molar-refractivity contribution in [2.24, 2.45) is 0 Å². The molecule has 0 saturated heterocycles. The number of alkyl carbamates (subject to hydrolysis) is 1. The third-order valence-electron chi connectivity index (χ3n) is 3.63. The van der Waals surface area contributed by atoms with Crippen LogP contribution in [0.1, 0.15) is 19.4 Å². The van der Waals surface area contributed by atoms with Crippen molar-refractivity contribution in [3.05, 3.63) is 23.8 Å². The first-order valence-electron chi connectivity index (χ1n) is 8.86. The maximum absolute atomic E-state index is 12.4. The number of likely N-dealkylation sites (N-methyl/N-ethyl adjacent to an activating group) is 1. The summed E-state index contributed by atoms with van der Waals surface area (Å²) in [6, 6.07) is 4.32. The van der Waals surface area contributed by atoms with Gasteiger partial charge in [0, 0.05) is 6.54 Å². The van der Waals surface area contributed by atoms with Crippen molar-refractivity contribution in [1.82, 2.24) is 15.5 Å². The number of halogens is 2. The van der Waals surface area contributed by atoms with Gasteiger partial charge in [0.15, 0.2) is 11.5 Å². The minimum absolute atomic E-state index is 0.0730. The molecule has 1 aromatic carbocycles. The molecule has 0 aliphatic rings. The Balaban J connectivity index is 2.54. The van der Waals surface area contributed by atoms with Crippen molar-refractivity contribution in [2.75, 3.05) is 33.4 Å². The number of rotatable bonds is 11. The molecule has 0 aliphatic carbocycles. The van der Waals surface area contributed by atoms with Crippen LogP contribution < -0.4 is 20.1 Å². The Morgan fingerprint density at radius 1 is 1.10 bits per heavy atom. The molecular formula is C18H25F2N3O6. The van der Waals surface area contributed by atoms with Gasteiger partial charge in [-0.3, -0.25) is 19.8 Å². The molecule has 0 saturated carbocycles. The van der Waals surface area contributed by atoms with Gasteiger partial charge in [0.25, 0.3) is 0 Å². The lowest BCUT2D eigenvalue weighted by molar-refractivity contribution is -0.124. The van der Waals surface area contributed by atoms with E-state index in [0.29, 0.717) is 12.1 Å². The summed E-state index contributed by atoms with van der Waals surface area (Å²) in [5, 5.41) is 4.72. The van der Waals surface area contributed by atoms with E-state index in [9.17, 15) is 23.2 Å². The predicted molar refractivity (Wildman–Crippen MR) is 98.8 cm³/mol. The molecule has 0 bridgehead atoms. The lowest BCUT2D eigenvalue weighted by Crippen LogP contribution is -2.44. The zero-order chi connectivity index (χ0) is 21.8. The second-order valence-corrected chi connectivity index (χ2v) is 5.71. The maximum atomic E-state index is 12.4. The van der Waals surface area contributed by atoms with Crippen LogP contribution in [0.25, 0.3) is 0 Å². The maximum Gasteiger partial charge on any atom is 0.413 e. The van der Waals surface area contributed by atoms with Gasteiger partial charge in [0.05, 0.1) is 26.8 Å². The van der Waals surface area contributed by atoms with Crippen molar-refractivity contribution in [2.45, 2.75) is 27.0 Å². The number of carbonyl (C=O) groups is 3. The molecule has 0 radical (unpaired) electrons. The second-order valence-electron chi connectivity index (χ2n) is 5.71. The topological polar surface area (TPSA) is 106 Å². The molecule has 2 N–H and O–H groups in total. The smallest absolute Gasteiger partial charge is 0.413 e. The Labute approximate surface area is 167 Å². The number of hydrogen-bond donors (Lipinski definition) is 2. The summed E-state index contributed by atoms with van der Waals surface area (Å²) in [5.74, 6) is -0.940. The van der Waals surface area contributed by atoms with Crippen LogP contribution in [0.5, 0.6) is 11.5 Å². The molecule has 9 nitrogen and oxygen atoms in total. The van der Waals surface area contributed by atoms with E-state index in [2.05, 4.69) is 20.1 Å². The first kappa shape index (κ1) is 24.1. The molecule has 11 heteroatoms. The molecule has 0 heterocycles. The van der Waals surface area contributed by atoms with Crippen LogP contribution in [-0.4, -0.2) is 62.8 Å². The fourth-order valence-corrected chi connectivity index (χ4v) is 2.28. The lowest BCUT2D eigenvalue weighted by atomic mass is 10.2. The zero-order valence-corrected chi connectivity index (χ0v) is 16.5. The summed E-state index contributed by atoms with van der Waals surface area (Å²) >= 11 is 0. The molecule has 0 aliphatic heterocycles. The normalized spacial score (nSPS) is 10.6. The van der Waals surface area contributed by atoms with Gasteiger partial charge in [-0.25, -0.2) is 4.79 Å². The first-order chi connectivity index (χ1) is 13.8. The van der Waals surface area contributed by atoms with Gasteiger partial charge in [0.1, 0.15) is 0 Å². The second kappa shape index (κ2) is 12.5. The van der Waals surface area contributed by atoms with E-state index in [1.165, 1.54) is 30.2 Å². The number of carbonyl (C=O) groups excluding carboxylic acids is 3. The predicted octanol–water partition coefficient (Wildman–Crippen LogP) is 1.51. The molecule has 0 aromatic heterocycles. The standard InChI is InChI=1S/C18H25F2N3O6/c1-4-23(11-16(25)22-18(26)28-5-2)10-15(24)21-9-12-6-7-13(29-17(19)20)14(8-12)27-3/h6-8,17H,4-5,9-11H2,1-3H3,(H,21,24)(H,22,25,26). The average Bonchev–Trinajstić information content (AvgIpc) is 2.66. The van der Waals surface area contributed by atoms with E-state index in [0.717, 1.165) is 0 Å². The van der Waals surface area contributed by atoms with Gasteiger partial charge in [-0.1, -0.05) is 13.0 Å². The van der Waals surface area contributed by atoms with Crippen LogP contribution in [-0.2, 0) is 20.9 Å². The number of ether oxygens (including phenoxy) is 3. The van der Waals surface area contributed by atoms with Gasteiger partial charge in [-0.2, -0.15) is 8.78 Å².